The zero-order valence-corrected chi connectivity index (χ0v) is 13.4. The van der Waals surface area contributed by atoms with E-state index in [2.05, 4.69) is 58.8 Å². The standard InChI is InChI=1S/C16H28N2O/c1-11-12(2)14(19-7)9-8-13(11)15(18(5)6)16(3,4)10-17/h8-9,15H,10,17H2,1-7H3. The highest BCUT2D eigenvalue weighted by molar-refractivity contribution is 5.45. The van der Waals surface area contributed by atoms with Crippen LogP contribution in [0.3, 0.4) is 0 Å². The van der Waals surface area contributed by atoms with E-state index in [0.29, 0.717) is 12.6 Å². The smallest absolute Gasteiger partial charge is 0.122 e. The van der Waals surface area contributed by atoms with E-state index in [1.54, 1.807) is 7.11 Å². The average molecular weight is 264 g/mol. The van der Waals surface area contributed by atoms with Crippen molar-refractivity contribution in [1.29, 1.82) is 0 Å². The van der Waals surface area contributed by atoms with Gasteiger partial charge in [-0.1, -0.05) is 19.9 Å². The van der Waals surface area contributed by atoms with E-state index in [-0.39, 0.29) is 5.41 Å². The number of ether oxygens (including phenoxy) is 1. The quantitative estimate of drug-likeness (QED) is 0.888. The maximum atomic E-state index is 5.98. The fraction of sp³-hybridized carbons (Fsp3) is 0.625. The van der Waals surface area contributed by atoms with Gasteiger partial charge in [-0.25, -0.2) is 0 Å². The minimum absolute atomic E-state index is 0.0231. The second-order valence-corrected chi connectivity index (χ2v) is 6.17. The Morgan fingerprint density at radius 3 is 2.21 bits per heavy atom. The number of hydrogen-bond donors (Lipinski definition) is 1. The molecule has 0 aliphatic heterocycles. The van der Waals surface area contributed by atoms with Crippen molar-refractivity contribution in [1.82, 2.24) is 4.90 Å². The monoisotopic (exact) mass is 264 g/mol. The first-order chi connectivity index (χ1) is 8.76. The van der Waals surface area contributed by atoms with Crippen LogP contribution >= 0.6 is 0 Å². The van der Waals surface area contributed by atoms with Crippen molar-refractivity contribution in [2.45, 2.75) is 33.7 Å². The minimum atomic E-state index is 0.0231. The molecule has 0 fully saturated rings. The highest BCUT2D eigenvalue weighted by Crippen LogP contribution is 2.39. The van der Waals surface area contributed by atoms with Gasteiger partial charge in [0.25, 0.3) is 0 Å². The van der Waals surface area contributed by atoms with Crippen LogP contribution in [0.4, 0.5) is 0 Å². The number of nitrogens with zero attached hydrogens (tertiary/aromatic N) is 1. The van der Waals surface area contributed by atoms with Crippen LogP contribution in [0.2, 0.25) is 0 Å². The molecule has 3 heteroatoms. The molecule has 0 spiro atoms. The lowest BCUT2D eigenvalue weighted by molar-refractivity contribution is 0.142. The predicted molar refractivity (Wildman–Crippen MR) is 81.7 cm³/mol. The molecule has 0 heterocycles. The second kappa shape index (κ2) is 5.93. The molecule has 1 aromatic rings. The van der Waals surface area contributed by atoms with E-state index < -0.39 is 0 Å². The third-order valence-corrected chi connectivity index (χ3v) is 4.08. The molecule has 1 unspecified atom stereocenters. The van der Waals surface area contributed by atoms with E-state index in [4.69, 9.17) is 10.5 Å². The van der Waals surface area contributed by atoms with Gasteiger partial charge in [-0.15, -0.1) is 0 Å². The molecule has 0 aliphatic carbocycles. The summed E-state index contributed by atoms with van der Waals surface area (Å²) in [5, 5.41) is 0. The van der Waals surface area contributed by atoms with Gasteiger partial charge in [0.1, 0.15) is 5.75 Å². The Kier molecular flexibility index (Phi) is 4.99. The van der Waals surface area contributed by atoms with Crippen LogP contribution in [0, 0.1) is 19.3 Å². The molecule has 0 saturated heterocycles. The number of benzene rings is 1. The fourth-order valence-corrected chi connectivity index (χ4v) is 2.84. The zero-order chi connectivity index (χ0) is 14.8. The summed E-state index contributed by atoms with van der Waals surface area (Å²) in [6, 6.07) is 4.52. The van der Waals surface area contributed by atoms with Gasteiger partial charge in [-0.3, -0.25) is 0 Å². The molecule has 0 aromatic heterocycles. The molecule has 2 N–H and O–H groups in total. The molecule has 0 radical (unpaired) electrons. The Hall–Kier alpha value is -1.06. The molecular formula is C16H28N2O. The van der Waals surface area contributed by atoms with E-state index in [9.17, 15) is 0 Å². The molecule has 0 aliphatic rings. The van der Waals surface area contributed by atoms with Gasteiger partial charge >= 0.3 is 0 Å². The predicted octanol–water partition coefficient (Wildman–Crippen LogP) is 2.90. The molecule has 0 bridgehead atoms. The summed E-state index contributed by atoms with van der Waals surface area (Å²) in [6.45, 7) is 9.36. The summed E-state index contributed by atoms with van der Waals surface area (Å²) in [4.78, 5) is 2.25. The minimum Gasteiger partial charge on any atom is -0.496 e. The van der Waals surface area contributed by atoms with Crippen molar-refractivity contribution in [3.63, 3.8) is 0 Å². The van der Waals surface area contributed by atoms with Gasteiger partial charge in [0.15, 0.2) is 0 Å². The lowest BCUT2D eigenvalue weighted by atomic mass is 9.78. The Morgan fingerprint density at radius 1 is 1.21 bits per heavy atom. The first kappa shape index (κ1) is 16.0. The Balaban J connectivity index is 3.37. The molecule has 108 valence electrons. The van der Waals surface area contributed by atoms with E-state index >= 15 is 0 Å². The average Bonchev–Trinajstić information content (AvgIpc) is 2.34. The van der Waals surface area contributed by atoms with Gasteiger partial charge in [-0.2, -0.15) is 0 Å². The third-order valence-electron chi connectivity index (χ3n) is 4.08. The van der Waals surface area contributed by atoms with Crippen molar-refractivity contribution >= 4 is 0 Å². The van der Waals surface area contributed by atoms with Crippen LogP contribution in [0.15, 0.2) is 12.1 Å². The number of nitrogens with two attached hydrogens (primary N) is 1. The molecule has 19 heavy (non-hydrogen) atoms. The summed E-state index contributed by atoms with van der Waals surface area (Å²) in [7, 11) is 5.94. The van der Waals surface area contributed by atoms with E-state index in [0.717, 1.165) is 5.75 Å². The van der Waals surface area contributed by atoms with Crippen LogP contribution in [0.1, 0.15) is 36.6 Å². The van der Waals surface area contributed by atoms with Crippen molar-refractivity contribution < 1.29 is 4.74 Å². The topological polar surface area (TPSA) is 38.5 Å². The highest BCUT2D eigenvalue weighted by atomic mass is 16.5. The maximum Gasteiger partial charge on any atom is 0.122 e. The van der Waals surface area contributed by atoms with E-state index in [1.807, 2.05) is 0 Å². The van der Waals surface area contributed by atoms with E-state index in [1.165, 1.54) is 16.7 Å². The molecular weight excluding hydrogens is 236 g/mol. The van der Waals surface area contributed by atoms with Crippen molar-refractivity contribution in [3.05, 3.63) is 28.8 Å². The Morgan fingerprint density at radius 2 is 1.79 bits per heavy atom. The van der Waals surface area contributed by atoms with Crippen LogP contribution in [0.5, 0.6) is 5.75 Å². The lowest BCUT2D eigenvalue weighted by Gasteiger charge is -2.39. The van der Waals surface area contributed by atoms with Gasteiger partial charge in [0.2, 0.25) is 0 Å². The summed E-state index contributed by atoms with van der Waals surface area (Å²) >= 11 is 0. The molecule has 3 nitrogen and oxygen atoms in total. The molecule has 1 atom stereocenters. The van der Waals surface area contributed by atoms with Gasteiger partial charge in [-0.05, 0) is 62.7 Å². The molecule has 1 aromatic carbocycles. The van der Waals surface area contributed by atoms with Crippen molar-refractivity contribution in [2.24, 2.45) is 11.1 Å². The van der Waals surface area contributed by atoms with Crippen LogP contribution in [0.25, 0.3) is 0 Å². The summed E-state index contributed by atoms with van der Waals surface area (Å²) in [6.07, 6.45) is 0. The third kappa shape index (κ3) is 3.10. The summed E-state index contributed by atoms with van der Waals surface area (Å²) in [5.41, 5.74) is 9.83. The first-order valence-electron chi connectivity index (χ1n) is 6.76. The highest BCUT2D eigenvalue weighted by Gasteiger charge is 2.32. The second-order valence-electron chi connectivity index (χ2n) is 6.17. The normalized spacial score (nSPS) is 13.7. The van der Waals surface area contributed by atoms with Gasteiger partial charge < -0.3 is 15.4 Å². The lowest BCUT2D eigenvalue weighted by Crippen LogP contribution is -2.39. The van der Waals surface area contributed by atoms with Crippen LogP contribution in [-0.2, 0) is 0 Å². The number of rotatable bonds is 5. The van der Waals surface area contributed by atoms with Gasteiger partial charge in [0, 0.05) is 6.04 Å². The molecule has 1 rings (SSSR count). The zero-order valence-electron chi connectivity index (χ0n) is 13.4. The number of hydrogen-bond acceptors (Lipinski definition) is 3. The Labute approximate surface area is 117 Å². The largest absolute Gasteiger partial charge is 0.496 e. The van der Waals surface area contributed by atoms with Crippen LogP contribution < -0.4 is 10.5 Å². The fourth-order valence-electron chi connectivity index (χ4n) is 2.84. The Bertz CT molecular complexity index is 439. The molecule has 0 saturated carbocycles. The van der Waals surface area contributed by atoms with Crippen molar-refractivity contribution in [3.8, 4) is 5.75 Å². The first-order valence-corrected chi connectivity index (χ1v) is 6.76. The SMILES string of the molecule is COc1ccc(C(N(C)C)C(C)(C)CN)c(C)c1C. The van der Waals surface area contributed by atoms with Gasteiger partial charge in [0.05, 0.1) is 7.11 Å². The summed E-state index contributed by atoms with van der Waals surface area (Å²) in [5.74, 6) is 0.948. The summed E-state index contributed by atoms with van der Waals surface area (Å²) < 4.78 is 5.39. The molecule has 0 amide bonds. The van der Waals surface area contributed by atoms with Crippen LogP contribution in [-0.4, -0.2) is 32.6 Å². The maximum absolute atomic E-state index is 5.98. The number of methoxy groups -OCH3 is 1. The van der Waals surface area contributed by atoms with Crippen molar-refractivity contribution in [2.75, 3.05) is 27.7 Å².